The minimum atomic E-state index is -0.310. The van der Waals surface area contributed by atoms with Gasteiger partial charge in [-0.3, -0.25) is 0 Å². The normalized spacial score (nSPS) is 17.1. The smallest absolute Gasteiger partial charge is 0.328 e. The first-order chi connectivity index (χ1) is 10.9. The number of benzene rings is 1. The highest BCUT2D eigenvalue weighted by atomic mass is 16.5. The molecule has 1 atom stereocenters. The van der Waals surface area contributed by atoms with E-state index in [-0.39, 0.29) is 17.6 Å². The van der Waals surface area contributed by atoms with Crippen molar-refractivity contribution in [3.8, 4) is 5.75 Å². The standard InChI is InChI=1S/C19H27NO3/c1-7-8-16(18(21)23-6)20-17-11-14(22-5)9-10-15(17)13(2)12-19(20,3)4/h9-12,16H,7-8H2,1-6H3. The van der Waals surface area contributed by atoms with Crippen LogP contribution >= 0.6 is 0 Å². The molecule has 0 amide bonds. The molecule has 0 saturated heterocycles. The number of allylic oxidation sites excluding steroid dienone is 1. The van der Waals surface area contributed by atoms with E-state index in [9.17, 15) is 4.79 Å². The predicted molar refractivity (Wildman–Crippen MR) is 93.9 cm³/mol. The molecule has 0 N–H and O–H groups in total. The number of hydrogen-bond donors (Lipinski definition) is 0. The third-order valence-electron chi connectivity index (χ3n) is 4.43. The van der Waals surface area contributed by atoms with Gasteiger partial charge in [0, 0.05) is 17.3 Å². The van der Waals surface area contributed by atoms with E-state index in [4.69, 9.17) is 9.47 Å². The maximum atomic E-state index is 12.4. The Morgan fingerprint density at radius 1 is 1.30 bits per heavy atom. The Bertz CT molecular complexity index is 619. The number of esters is 1. The number of hydrogen-bond acceptors (Lipinski definition) is 4. The van der Waals surface area contributed by atoms with E-state index in [1.54, 1.807) is 7.11 Å². The summed E-state index contributed by atoms with van der Waals surface area (Å²) < 4.78 is 10.5. The van der Waals surface area contributed by atoms with Crippen LogP contribution in [-0.2, 0) is 9.53 Å². The monoisotopic (exact) mass is 317 g/mol. The molecule has 0 bridgehead atoms. The Kier molecular flexibility index (Phi) is 5.03. The largest absolute Gasteiger partial charge is 0.497 e. The van der Waals surface area contributed by atoms with Crippen LogP contribution in [0.1, 0.15) is 46.1 Å². The summed E-state index contributed by atoms with van der Waals surface area (Å²) in [6.07, 6.45) is 3.88. The van der Waals surface area contributed by atoms with Gasteiger partial charge in [0.05, 0.1) is 19.8 Å². The lowest BCUT2D eigenvalue weighted by Gasteiger charge is -2.46. The summed E-state index contributed by atoms with van der Waals surface area (Å²) in [4.78, 5) is 14.6. The fourth-order valence-electron chi connectivity index (χ4n) is 3.49. The summed E-state index contributed by atoms with van der Waals surface area (Å²) >= 11 is 0. The Morgan fingerprint density at radius 3 is 2.57 bits per heavy atom. The molecular formula is C19H27NO3. The lowest BCUT2D eigenvalue weighted by atomic mass is 9.86. The highest BCUT2D eigenvalue weighted by molar-refractivity contribution is 5.88. The minimum absolute atomic E-state index is 0.193. The van der Waals surface area contributed by atoms with Gasteiger partial charge in [-0.15, -0.1) is 0 Å². The number of carbonyl (C=O) groups is 1. The minimum Gasteiger partial charge on any atom is -0.497 e. The molecular weight excluding hydrogens is 290 g/mol. The number of methoxy groups -OCH3 is 2. The molecule has 1 aliphatic heterocycles. The van der Waals surface area contributed by atoms with Gasteiger partial charge in [0.25, 0.3) is 0 Å². The molecule has 23 heavy (non-hydrogen) atoms. The van der Waals surface area contributed by atoms with Crippen molar-refractivity contribution in [3.05, 3.63) is 29.8 Å². The third-order valence-corrected chi connectivity index (χ3v) is 4.43. The van der Waals surface area contributed by atoms with E-state index in [0.29, 0.717) is 0 Å². The molecule has 1 aliphatic rings. The highest BCUT2D eigenvalue weighted by Gasteiger charge is 2.39. The van der Waals surface area contributed by atoms with E-state index in [2.05, 4.69) is 44.7 Å². The number of ether oxygens (including phenoxy) is 2. The molecule has 126 valence electrons. The number of nitrogens with zero attached hydrogens (tertiary/aromatic N) is 1. The van der Waals surface area contributed by atoms with Crippen molar-refractivity contribution in [1.29, 1.82) is 0 Å². The van der Waals surface area contributed by atoms with Crippen LogP contribution in [-0.4, -0.2) is 31.8 Å². The summed E-state index contributed by atoms with van der Waals surface area (Å²) in [6, 6.07) is 5.72. The molecule has 0 aromatic heterocycles. The molecule has 1 aromatic rings. The lowest BCUT2D eigenvalue weighted by Crippen LogP contribution is -2.54. The van der Waals surface area contributed by atoms with Gasteiger partial charge in [-0.1, -0.05) is 19.4 Å². The average molecular weight is 317 g/mol. The second kappa shape index (κ2) is 6.65. The van der Waals surface area contributed by atoms with Gasteiger partial charge >= 0.3 is 5.97 Å². The third kappa shape index (κ3) is 3.21. The molecule has 0 saturated carbocycles. The van der Waals surface area contributed by atoms with Crippen molar-refractivity contribution in [1.82, 2.24) is 0 Å². The predicted octanol–water partition coefficient (Wildman–Crippen LogP) is 4.04. The zero-order valence-electron chi connectivity index (χ0n) is 15.0. The molecule has 0 aliphatic carbocycles. The zero-order chi connectivity index (χ0) is 17.2. The fourth-order valence-corrected chi connectivity index (χ4v) is 3.49. The number of carbonyl (C=O) groups excluding carboxylic acids is 1. The van der Waals surface area contributed by atoms with Crippen molar-refractivity contribution in [2.45, 2.75) is 52.1 Å². The van der Waals surface area contributed by atoms with Crippen LogP contribution in [0.3, 0.4) is 0 Å². The summed E-state index contributed by atoms with van der Waals surface area (Å²) in [5, 5.41) is 0. The van der Waals surface area contributed by atoms with Gasteiger partial charge < -0.3 is 14.4 Å². The van der Waals surface area contributed by atoms with Gasteiger partial charge in [0.2, 0.25) is 0 Å². The van der Waals surface area contributed by atoms with Crippen LogP contribution in [0.4, 0.5) is 5.69 Å². The van der Waals surface area contributed by atoms with Crippen molar-refractivity contribution < 1.29 is 14.3 Å². The van der Waals surface area contributed by atoms with Crippen molar-refractivity contribution in [3.63, 3.8) is 0 Å². The number of anilines is 1. The van der Waals surface area contributed by atoms with E-state index in [0.717, 1.165) is 29.8 Å². The quantitative estimate of drug-likeness (QED) is 0.768. The summed E-state index contributed by atoms with van der Waals surface area (Å²) in [5.74, 6) is 0.598. The van der Waals surface area contributed by atoms with Crippen LogP contribution in [0.5, 0.6) is 5.75 Å². The van der Waals surface area contributed by atoms with Gasteiger partial charge in [0.1, 0.15) is 11.8 Å². The van der Waals surface area contributed by atoms with Gasteiger partial charge in [0.15, 0.2) is 0 Å². The maximum absolute atomic E-state index is 12.4. The Morgan fingerprint density at radius 2 is 2.00 bits per heavy atom. The Hall–Kier alpha value is -1.97. The number of rotatable bonds is 5. The van der Waals surface area contributed by atoms with Crippen LogP contribution < -0.4 is 9.64 Å². The van der Waals surface area contributed by atoms with Gasteiger partial charge in [-0.2, -0.15) is 0 Å². The Balaban J connectivity index is 2.62. The Labute approximate surface area is 139 Å². The van der Waals surface area contributed by atoms with Gasteiger partial charge in [-0.05, 0) is 44.9 Å². The first-order valence-corrected chi connectivity index (χ1v) is 8.10. The summed E-state index contributed by atoms with van der Waals surface area (Å²) in [6.45, 7) is 8.45. The van der Waals surface area contributed by atoms with Crippen molar-refractivity contribution in [2.24, 2.45) is 0 Å². The summed E-state index contributed by atoms with van der Waals surface area (Å²) in [5.41, 5.74) is 3.09. The maximum Gasteiger partial charge on any atom is 0.328 e. The number of fused-ring (bicyclic) bond motifs is 1. The van der Waals surface area contributed by atoms with Crippen LogP contribution in [0.15, 0.2) is 24.3 Å². The van der Waals surface area contributed by atoms with Crippen LogP contribution in [0, 0.1) is 0 Å². The summed E-state index contributed by atoms with van der Waals surface area (Å²) in [7, 11) is 3.11. The first-order valence-electron chi connectivity index (χ1n) is 8.10. The zero-order valence-corrected chi connectivity index (χ0v) is 15.0. The molecule has 0 radical (unpaired) electrons. The topological polar surface area (TPSA) is 38.8 Å². The molecule has 0 fully saturated rings. The molecule has 1 aromatic carbocycles. The average Bonchev–Trinajstić information content (AvgIpc) is 2.51. The molecule has 4 heteroatoms. The van der Waals surface area contributed by atoms with Crippen molar-refractivity contribution >= 4 is 17.2 Å². The second-order valence-electron chi connectivity index (χ2n) is 6.56. The van der Waals surface area contributed by atoms with Gasteiger partial charge in [-0.25, -0.2) is 4.79 Å². The van der Waals surface area contributed by atoms with E-state index < -0.39 is 0 Å². The molecule has 4 nitrogen and oxygen atoms in total. The van der Waals surface area contributed by atoms with E-state index >= 15 is 0 Å². The van der Waals surface area contributed by atoms with E-state index in [1.807, 2.05) is 12.1 Å². The van der Waals surface area contributed by atoms with Crippen LogP contribution in [0.25, 0.3) is 5.57 Å². The fraction of sp³-hybridized carbons (Fsp3) is 0.526. The first kappa shape index (κ1) is 17.4. The van der Waals surface area contributed by atoms with Crippen LogP contribution in [0.2, 0.25) is 0 Å². The highest BCUT2D eigenvalue weighted by Crippen LogP contribution is 2.42. The molecule has 0 spiro atoms. The molecule has 1 unspecified atom stereocenters. The lowest BCUT2D eigenvalue weighted by molar-refractivity contribution is -0.142. The molecule has 1 heterocycles. The van der Waals surface area contributed by atoms with E-state index in [1.165, 1.54) is 12.7 Å². The second-order valence-corrected chi connectivity index (χ2v) is 6.56. The molecule has 2 rings (SSSR count). The van der Waals surface area contributed by atoms with Crippen molar-refractivity contribution in [2.75, 3.05) is 19.1 Å². The SMILES string of the molecule is CCCC(C(=O)OC)N1c2cc(OC)ccc2C(C)=CC1(C)C.